The highest BCUT2D eigenvalue weighted by atomic mass is 35.5. The fraction of sp³-hybridized carbons (Fsp3) is 0.455. The van der Waals surface area contributed by atoms with E-state index in [0.29, 0.717) is 11.5 Å². The van der Waals surface area contributed by atoms with Crippen molar-refractivity contribution in [1.82, 2.24) is 0 Å². The molecule has 1 atom stereocenters. The van der Waals surface area contributed by atoms with Crippen LogP contribution in [0.25, 0.3) is 0 Å². The van der Waals surface area contributed by atoms with E-state index in [9.17, 15) is 9.50 Å². The third-order valence-corrected chi connectivity index (χ3v) is 2.83. The van der Waals surface area contributed by atoms with Crippen LogP contribution in [0.3, 0.4) is 0 Å². The number of hydrogen-bond acceptors (Lipinski definition) is 2. The predicted molar refractivity (Wildman–Crippen MR) is 59.7 cm³/mol. The minimum absolute atomic E-state index is 0. The lowest BCUT2D eigenvalue weighted by molar-refractivity contribution is 0.438. The maximum Gasteiger partial charge on any atom is 0.131 e. The van der Waals surface area contributed by atoms with Gasteiger partial charge in [0.2, 0.25) is 0 Å². The van der Waals surface area contributed by atoms with Gasteiger partial charge < -0.3 is 10.8 Å². The van der Waals surface area contributed by atoms with Crippen LogP contribution in [-0.4, -0.2) is 5.11 Å². The molecule has 0 bridgehead atoms. The van der Waals surface area contributed by atoms with Crippen molar-refractivity contribution in [3.05, 3.63) is 29.1 Å². The molecule has 3 N–H and O–H groups in total. The van der Waals surface area contributed by atoms with Crippen LogP contribution in [0, 0.1) is 18.7 Å². The van der Waals surface area contributed by atoms with Crippen LogP contribution in [-0.2, 0) is 0 Å². The molecule has 0 spiro atoms. The van der Waals surface area contributed by atoms with Crippen LogP contribution >= 0.6 is 12.4 Å². The lowest BCUT2D eigenvalue weighted by Crippen LogP contribution is -2.14. The van der Waals surface area contributed by atoms with E-state index in [1.165, 1.54) is 6.07 Å². The van der Waals surface area contributed by atoms with Gasteiger partial charge in [-0.15, -0.1) is 12.4 Å². The van der Waals surface area contributed by atoms with Crippen LogP contribution in [0.5, 0.6) is 5.75 Å². The van der Waals surface area contributed by atoms with Gasteiger partial charge in [-0.2, -0.15) is 0 Å². The molecule has 84 valence electrons. The summed E-state index contributed by atoms with van der Waals surface area (Å²) in [6.07, 6.45) is 2.07. The minimum Gasteiger partial charge on any atom is -0.507 e. The number of halogens is 2. The van der Waals surface area contributed by atoms with Crippen molar-refractivity contribution >= 4 is 12.4 Å². The number of benzene rings is 1. The molecule has 4 heteroatoms. The third kappa shape index (κ3) is 2.24. The summed E-state index contributed by atoms with van der Waals surface area (Å²) in [4.78, 5) is 0. The zero-order chi connectivity index (χ0) is 10.3. The van der Waals surface area contributed by atoms with Gasteiger partial charge in [0.1, 0.15) is 11.6 Å². The second-order valence-corrected chi connectivity index (χ2v) is 3.99. The van der Waals surface area contributed by atoms with E-state index >= 15 is 0 Å². The predicted octanol–water partition coefficient (Wildman–Crippen LogP) is 2.67. The maximum absolute atomic E-state index is 13.4. The maximum atomic E-state index is 13.4. The Hall–Kier alpha value is -0.800. The Morgan fingerprint density at radius 3 is 2.60 bits per heavy atom. The molecule has 15 heavy (non-hydrogen) atoms. The number of aryl methyl sites for hydroxylation is 1. The van der Waals surface area contributed by atoms with Crippen LogP contribution in [0.1, 0.15) is 30.0 Å². The molecule has 0 saturated heterocycles. The largest absolute Gasteiger partial charge is 0.507 e. The van der Waals surface area contributed by atoms with Crippen LogP contribution < -0.4 is 5.73 Å². The van der Waals surface area contributed by atoms with Gasteiger partial charge in [0.15, 0.2) is 0 Å². The first-order chi connectivity index (χ1) is 6.61. The van der Waals surface area contributed by atoms with Gasteiger partial charge in [-0.1, -0.05) is 6.07 Å². The lowest BCUT2D eigenvalue weighted by atomic mass is 9.99. The molecular weight excluding hydrogens is 217 g/mol. The molecule has 1 aliphatic rings. The highest BCUT2D eigenvalue weighted by Crippen LogP contribution is 2.43. The summed E-state index contributed by atoms with van der Waals surface area (Å²) in [5.74, 6) is -0.0332. The summed E-state index contributed by atoms with van der Waals surface area (Å²) in [7, 11) is 0. The van der Waals surface area contributed by atoms with Gasteiger partial charge in [-0.05, 0) is 37.3 Å². The van der Waals surface area contributed by atoms with Crippen LogP contribution in [0.4, 0.5) is 4.39 Å². The van der Waals surface area contributed by atoms with E-state index in [2.05, 4.69) is 0 Å². The van der Waals surface area contributed by atoms with Gasteiger partial charge in [0.05, 0.1) is 0 Å². The van der Waals surface area contributed by atoms with E-state index in [4.69, 9.17) is 5.73 Å². The Bertz CT molecular complexity index is 366. The second-order valence-electron chi connectivity index (χ2n) is 3.99. The SMILES string of the molecule is Cc1ccc(F)c([C@H](N)C2CC2)c1O.Cl. The molecule has 0 aromatic heterocycles. The number of phenols is 1. The second kappa shape index (κ2) is 4.37. The van der Waals surface area contributed by atoms with Gasteiger partial charge in [0.25, 0.3) is 0 Å². The molecule has 1 aliphatic carbocycles. The summed E-state index contributed by atoms with van der Waals surface area (Å²) < 4.78 is 13.4. The topological polar surface area (TPSA) is 46.2 Å². The molecule has 0 unspecified atom stereocenters. The number of nitrogens with two attached hydrogens (primary N) is 1. The molecule has 1 saturated carbocycles. The first-order valence-corrected chi connectivity index (χ1v) is 4.85. The number of hydrogen-bond donors (Lipinski definition) is 2. The Kier molecular flexibility index (Phi) is 3.58. The van der Waals surface area contributed by atoms with Crippen LogP contribution in [0.2, 0.25) is 0 Å². The highest BCUT2D eigenvalue weighted by molar-refractivity contribution is 5.85. The van der Waals surface area contributed by atoms with E-state index in [0.717, 1.165) is 12.8 Å². The fourth-order valence-electron chi connectivity index (χ4n) is 1.70. The number of aromatic hydroxyl groups is 1. The van der Waals surface area contributed by atoms with Crippen molar-refractivity contribution < 1.29 is 9.50 Å². The third-order valence-electron chi connectivity index (χ3n) is 2.83. The van der Waals surface area contributed by atoms with E-state index in [-0.39, 0.29) is 29.8 Å². The molecule has 0 radical (unpaired) electrons. The summed E-state index contributed by atoms with van der Waals surface area (Å²) in [5.41, 5.74) is 6.83. The molecule has 0 heterocycles. The summed E-state index contributed by atoms with van der Waals surface area (Å²) in [6.45, 7) is 1.75. The van der Waals surface area contributed by atoms with Crippen molar-refractivity contribution in [2.45, 2.75) is 25.8 Å². The summed E-state index contributed by atoms with van der Waals surface area (Å²) in [6, 6.07) is 2.58. The molecule has 1 aromatic rings. The first kappa shape index (κ1) is 12.3. The number of phenolic OH excluding ortho intramolecular Hbond substituents is 1. The number of rotatable bonds is 2. The zero-order valence-electron chi connectivity index (χ0n) is 8.53. The fourth-order valence-corrected chi connectivity index (χ4v) is 1.70. The van der Waals surface area contributed by atoms with Gasteiger partial charge in [-0.3, -0.25) is 0 Å². The summed E-state index contributed by atoms with van der Waals surface area (Å²) in [5, 5.41) is 9.71. The standard InChI is InChI=1S/C11H14FNO.ClH/c1-6-2-5-8(12)9(11(6)14)10(13)7-3-4-7;/h2,5,7,10,14H,3-4,13H2,1H3;1H/t10-;/m1./s1. The Morgan fingerprint density at radius 1 is 1.47 bits per heavy atom. The van der Waals surface area contributed by atoms with Crippen molar-refractivity contribution in [3.8, 4) is 5.75 Å². The average molecular weight is 232 g/mol. The van der Waals surface area contributed by atoms with E-state index < -0.39 is 5.82 Å². The van der Waals surface area contributed by atoms with Crippen molar-refractivity contribution in [2.24, 2.45) is 11.7 Å². The summed E-state index contributed by atoms with van der Waals surface area (Å²) >= 11 is 0. The normalized spacial score (nSPS) is 17.0. The zero-order valence-corrected chi connectivity index (χ0v) is 9.35. The molecule has 0 aliphatic heterocycles. The van der Waals surface area contributed by atoms with Crippen LogP contribution in [0.15, 0.2) is 12.1 Å². The Morgan fingerprint density at radius 2 is 2.07 bits per heavy atom. The minimum atomic E-state index is -0.396. The Balaban J connectivity index is 0.00000112. The van der Waals surface area contributed by atoms with E-state index in [1.807, 2.05) is 0 Å². The molecule has 2 nitrogen and oxygen atoms in total. The average Bonchev–Trinajstić information content (AvgIpc) is 2.95. The quantitative estimate of drug-likeness (QED) is 0.822. The monoisotopic (exact) mass is 231 g/mol. The smallest absolute Gasteiger partial charge is 0.131 e. The first-order valence-electron chi connectivity index (χ1n) is 4.85. The van der Waals surface area contributed by atoms with Gasteiger partial charge in [-0.25, -0.2) is 4.39 Å². The van der Waals surface area contributed by atoms with Crippen molar-refractivity contribution in [1.29, 1.82) is 0 Å². The van der Waals surface area contributed by atoms with Crippen molar-refractivity contribution in [3.63, 3.8) is 0 Å². The van der Waals surface area contributed by atoms with E-state index in [1.54, 1.807) is 13.0 Å². The highest BCUT2D eigenvalue weighted by Gasteiger charge is 2.33. The molecule has 1 aromatic carbocycles. The lowest BCUT2D eigenvalue weighted by Gasteiger charge is -2.14. The van der Waals surface area contributed by atoms with Crippen molar-refractivity contribution in [2.75, 3.05) is 0 Å². The Labute approximate surface area is 94.7 Å². The molecular formula is C11H15ClFNO. The van der Waals surface area contributed by atoms with Gasteiger partial charge >= 0.3 is 0 Å². The molecule has 0 amide bonds. The molecule has 1 fully saturated rings. The molecule has 2 rings (SSSR count). The van der Waals surface area contributed by atoms with Gasteiger partial charge in [0, 0.05) is 11.6 Å².